The van der Waals surface area contributed by atoms with Crippen LogP contribution in [-0.4, -0.2) is 83.4 Å². The maximum absolute atomic E-state index is 13.7. The standard InChI is InChI=1S/C27H39N5O6/c1-25(2,3)38-24(36)29-26(4,5)22(34)28-19(16-37-15-18-11-9-8-10-12-18)21(33)32-14-13-20-27(6,17-32)23(35)31(7)30-20/h8-12,19H,13-17H2,1-7H3,(H,28,34)(H,29,36)/t19-,27?/m1/s1. The molecule has 1 fully saturated rings. The molecule has 208 valence electrons. The van der Waals surface area contributed by atoms with Gasteiger partial charge in [0.15, 0.2) is 0 Å². The molecule has 0 radical (unpaired) electrons. The van der Waals surface area contributed by atoms with Crippen molar-refractivity contribution in [2.75, 3.05) is 26.7 Å². The minimum Gasteiger partial charge on any atom is -0.444 e. The smallest absolute Gasteiger partial charge is 0.408 e. The Kier molecular flexibility index (Phi) is 8.50. The van der Waals surface area contributed by atoms with E-state index >= 15 is 0 Å². The fourth-order valence-corrected chi connectivity index (χ4v) is 4.41. The Morgan fingerprint density at radius 1 is 1.13 bits per heavy atom. The van der Waals surface area contributed by atoms with Crippen molar-refractivity contribution in [2.45, 2.75) is 71.8 Å². The number of fused-ring (bicyclic) bond motifs is 1. The van der Waals surface area contributed by atoms with Crippen molar-refractivity contribution < 1.29 is 28.7 Å². The van der Waals surface area contributed by atoms with Gasteiger partial charge in [0.2, 0.25) is 11.8 Å². The molecular formula is C27H39N5O6. The minimum absolute atomic E-state index is 0.0933. The van der Waals surface area contributed by atoms with Crippen LogP contribution in [0, 0.1) is 5.41 Å². The van der Waals surface area contributed by atoms with Crippen LogP contribution in [0.15, 0.2) is 35.4 Å². The number of hydrazone groups is 1. The van der Waals surface area contributed by atoms with Crippen LogP contribution in [0.3, 0.4) is 0 Å². The van der Waals surface area contributed by atoms with Gasteiger partial charge in [0.05, 0.1) is 18.9 Å². The number of hydrogen-bond acceptors (Lipinski definition) is 7. The molecule has 1 aromatic carbocycles. The molecule has 11 heteroatoms. The first-order valence-corrected chi connectivity index (χ1v) is 12.7. The summed E-state index contributed by atoms with van der Waals surface area (Å²) in [5.74, 6) is -1.12. The van der Waals surface area contributed by atoms with Crippen LogP contribution in [0.2, 0.25) is 0 Å². The minimum atomic E-state index is -1.38. The molecule has 2 N–H and O–H groups in total. The monoisotopic (exact) mass is 529 g/mol. The predicted molar refractivity (Wildman–Crippen MR) is 141 cm³/mol. The molecule has 0 aromatic heterocycles. The summed E-state index contributed by atoms with van der Waals surface area (Å²) in [4.78, 5) is 53.6. The topological polar surface area (TPSA) is 130 Å². The van der Waals surface area contributed by atoms with Crippen molar-refractivity contribution in [3.05, 3.63) is 35.9 Å². The summed E-state index contributed by atoms with van der Waals surface area (Å²) < 4.78 is 11.1. The van der Waals surface area contributed by atoms with Crippen LogP contribution in [0.25, 0.3) is 0 Å². The second kappa shape index (κ2) is 11.1. The van der Waals surface area contributed by atoms with Gasteiger partial charge in [-0.3, -0.25) is 14.4 Å². The first-order valence-electron chi connectivity index (χ1n) is 12.7. The van der Waals surface area contributed by atoms with Gasteiger partial charge in [-0.05, 0) is 47.1 Å². The zero-order valence-electron chi connectivity index (χ0n) is 23.3. The summed E-state index contributed by atoms with van der Waals surface area (Å²) in [5, 5.41) is 11.0. The Bertz CT molecular complexity index is 1100. The quantitative estimate of drug-likeness (QED) is 0.530. The SMILES string of the molecule is CN1N=C2CCN(C(=O)[C@@H](COCc3ccccc3)NC(=O)C(C)(C)NC(=O)OC(C)(C)C)CC2(C)C1=O. The highest BCUT2D eigenvalue weighted by Gasteiger charge is 2.50. The van der Waals surface area contributed by atoms with Crippen molar-refractivity contribution in [3.63, 3.8) is 0 Å². The van der Waals surface area contributed by atoms with E-state index in [9.17, 15) is 19.2 Å². The summed E-state index contributed by atoms with van der Waals surface area (Å²) in [7, 11) is 1.60. The van der Waals surface area contributed by atoms with Gasteiger partial charge in [-0.15, -0.1) is 0 Å². The Morgan fingerprint density at radius 2 is 1.79 bits per heavy atom. The highest BCUT2D eigenvalue weighted by molar-refractivity contribution is 6.13. The number of nitrogens with one attached hydrogen (secondary N) is 2. The number of nitrogens with zero attached hydrogens (tertiary/aromatic N) is 3. The summed E-state index contributed by atoms with van der Waals surface area (Å²) in [6.07, 6.45) is -0.296. The van der Waals surface area contributed by atoms with E-state index in [1.807, 2.05) is 30.3 Å². The highest BCUT2D eigenvalue weighted by atomic mass is 16.6. The van der Waals surface area contributed by atoms with Gasteiger partial charge >= 0.3 is 6.09 Å². The van der Waals surface area contributed by atoms with Gasteiger partial charge in [0, 0.05) is 26.6 Å². The van der Waals surface area contributed by atoms with Crippen molar-refractivity contribution in [1.29, 1.82) is 0 Å². The summed E-state index contributed by atoms with van der Waals surface area (Å²) >= 11 is 0. The number of likely N-dealkylation sites (tertiary alicyclic amines) is 1. The summed E-state index contributed by atoms with van der Waals surface area (Å²) in [6.45, 7) is 10.7. The van der Waals surface area contributed by atoms with Crippen molar-refractivity contribution >= 4 is 29.5 Å². The lowest BCUT2D eigenvalue weighted by Gasteiger charge is -2.38. The average Bonchev–Trinajstić information content (AvgIpc) is 3.04. The van der Waals surface area contributed by atoms with Gasteiger partial charge < -0.3 is 25.0 Å². The number of amides is 4. The van der Waals surface area contributed by atoms with Crippen molar-refractivity contribution in [2.24, 2.45) is 10.5 Å². The molecule has 2 aliphatic rings. The molecule has 2 heterocycles. The molecule has 0 spiro atoms. The average molecular weight is 530 g/mol. The van der Waals surface area contributed by atoms with Gasteiger partial charge in [0.25, 0.3) is 5.91 Å². The Morgan fingerprint density at radius 3 is 2.42 bits per heavy atom. The molecule has 0 bridgehead atoms. The lowest BCUT2D eigenvalue weighted by atomic mass is 9.79. The first-order chi connectivity index (χ1) is 17.6. The maximum atomic E-state index is 13.7. The fraction of sp³-hybridized carbons (Fsp3) is 0.593. The van der Waals surface area contributed by atoms with E-state index in [0.29, 0.717) is 13.0 Å². The lowest BCUT2D eigenvalue weighted by Crippen LogP contribution is -2.62. The van der Waals surface area contributed by atoms with E-state index in [2.05, 4.69) is 15.7 Å². The molecule has 0 saturated carbocycles. The molecule has 0 aliphatic carbocycles. The summed E-state index contributed by atoms with van der Waals surface area (Å²) in [5.41, 5.74) is -1.35. The zero-order valence-corrected chi connectivity index (χ0v) is 23.3. The van der Waals surface area contributed by atoms with E-state index in [-0.39, 0.29) is 31.6 Å². The number of piperidine rings is 1. The van der Waals surface area contributed by atoms with Crippen molar-refractivity contribution in [3.8, 4) is 0 Å². The molecule has 3 rings (SSSR count). The number of alkyl carbamates (subject to hydrolysis) is 1. The number of rotatable bonds is 8. The molecule has 1 unspecified atom stereocenters. The maximum Gasteiger partial charge on any atom is 0.408 e. The number of ether oxygens (including phenoxy) is 2. The van der Waals surface area contributed by atoms with E-state index in [1.165, 1.54) is 18.9 Å². The van der Waals surface area contributed by atoms with Crippen LogP contribution >= 0.6 is 0 Å². The molecule has 38 heavy (non-hydrogen) atoms. The molecule has 2 atom stereocenters. The van der Waals surface area contributed by atoms with E-state index in [1.54, 1.807) is 39.6 Å². The number of hydrogen-bond donors (Lipinski definition) is 2. The Labute approximate surface area is 223 Å². The first kappa shape index (κ1) is 29.1. The summed E-state index contributed by atoms with van der Waals surface area (Å²) in [6, 6.07) is 8.43. The third-order valence-corrected chi connectivity index (χ3v) is 6.49. The molecular weight excluding hydrogens is 490 g/mol. The van der Waals surface area contributed by atoms with Crippen LogP contribution < -0.4 is 10.6 Å². The fourth-order valence-electron chi connectivity index (χ4n) is 4.41. The third kappa shape index (κ3) is 6.89. The second-order valence-electron chi connectivity index (χ2n) is 11.5. The molecule has 1 saturated heterocycles. The second-order valence-corrected chi connectivity index (χ2v) is 11.5. The zero-order chi connectivity index (χ0) is 28.3. The lowest BCUT2D eigenvalue weighted by molar-refractivity contribution is -0.143. The Balaban J connectivity index is 1.73. The van der Waals surface area contributed by atoms with Crippen molar-refractivity contribution in [1.82, 2.24) is 20.5 Å². The Hall–Kier alpha value is -3.47. The third-order valence-electron chi connectivity index (χ3n) is 6.49. The van der Waals surface area contributed by atoms with Gasteiger partial charge in [-0.25, -0.2) is 9.80 Å². The van der Waals surface area contributed by atoms with Gasteiger partial charge in [-0.2, -0.15) is 5.10 Å². The molecule has 11 nitrogen and oxygen atoms in total. The number of carbonyl (C=O) groups is 4. The van der Waals surface area contributed by atoms with Gasteiger partial charge in [0.1, 0.15) is 22.6 Å². The molecule has 1 aromatic rings. The van der Waals surface area contributed by atoms with E-state index < -0.39 is 34.6 Å². The predicted octanol–water partition coefficient (Wildman–Crippen LogP) is 2.06. The molecule has 2 aliphatic heterocycles. The van der Waals surface area contributed by atoms with Gasteiger partial charge in [-0.1, -0.05) is 30.3 Å². The molecule has 4 amide bonds. The van der Waals surface area contributed by atoms with Crippen LogP contribution in [0.4, 0.5) is 4.79 Å². The van der Waals surface area contributed by atoms with Crippen LogP contribution in [0.5, 0.6) is 0 Å². The normalized spacial score (nSPS) is 20.4. The van der Waals surface area contributed by atoms with Crippen LogP contribution in [0.1, 0.15) is 53.5 Å². The van der Waals surface area contributed by atoms with E-state index in [0.717, 1.165) is 11.3 Å². The number of benzene rings is 1. The van der Waals surface area contributed by atoms with Crippen LogP contribution in [-0.2, 0) is 30.5 Å². The largest absolute Gasteiger partial charge is 0.444 e. The highest BCUT2D eigenvalue weighted by Crippen LogP contribution is 2.34. The van der Waals surface area contributed by atoms with E-state index in [4.69, 9.17) is 9.47 Å². The number of carbonyl (C=O) groups excluding carboxylic acids is 4.